The fourth-order valence-electron chi connectivity index (χ4n) is 1.91. The Labute approximate surface area is 118 Å². The van der Waals surface area contributed by atoms with E-state index in [4.69, 9.17) is 0 Å². The van der Waals surface area contributed by atoms with Gasteiger partial charge in [-0.2, -0.15) is 0 Å². The highest BCUT2D eigenvalue weighted by Gasteiger charge is 2.25. The number of aliphatic carboxylic acids is 1. The van der Waals surface area contributed by atoms with Gasteiger partial charge in [-0.15, -0.1) is 13.2 Å². The van der Waals surface area contributed by atoms with Crippen LogP contribution in [-0.2, 0) is 9.59 Å². The van der Waals surface area contributed by atoms with Crippen LogP contribution in [0.3, 0.4) is 0 Å². The van der Waals surface area contributed by atoms with Crippen molar-refractivity contribution in [3.05, 3.63) is 61.2 Å². The molecule has 0 saturated carbocycles. The van der Waals surface area contributed by atoms with Crippen molar-refractivity contribution < 1.29 is 14.7 Å². The van der Waals surface area contributed by atoms with Crippen LogP contribution in [0.25, 0.3) is 0 Å². The van der Waals surface area contributed by atoms with E-state index in [2.05, 4.69) is 18.5 Å². The van der Waals surface area contributed by atoms with Crippen LogP contribution < -0.4 is 5.32 Å². The number of hydrogen-bond acceptors (Lipinski definition) is 2. The van der Waals surface area contributed by atoms with E-state index in [0.29, 0.717) is 18.4 Å². The van der Waals surface area contributed by atoms with E-state index >= 15 is 0 Å². The molecule has 0 heterocycles. The Balaban J connectivity index is 2.85. The molecule has 106 valence electrons. The molecule has 0 bridgehead atoms. The van der Waals surface area contributed by atoms with E-state index in [1.54, 1.807) is 42.5 Å². The van der Waals surface area contributed by atoms with E-state index < -0.39 is 12.0 Å². The van der Waals surface area contributed by atoms with Crippen LogP contribution in [-0.4, -0.2) is 17.0 Å². The SMILES string of the molecule is C=CCC(CC=C)C(=O)NC(C(=O)O)c1ccccc1. The van der Waals surface area contributed by atoms with Crippen LogP contribution in [0.2, 0.25) is 0 Å². The molecule has 0 aliphatic carbocycles. The Morgan fingerprint density at radius 3 is 2.15 bits per heavy atom. The van der Waals surface area contributed by atoms with Gasteiger partial charge in [-0.25, -0.2) is 4.79 Å². The van der Waals surface area contributed by atoms with Crippen molar-refractivity contribution in [3.8, 4) is 0 Å². The molecule has 0 fully saturated rings. The highest BCUT2D eigenvalue weighted by atomic mass is 16.4. The zero-order chi connectivity index (χ0) is 15.0. The fourth-order valence-corrected chi connectivity index (χ4v) is 1.91. The lowest BCUT2D eigenvalue weighted by molar-refractivity contribution is -0.142. The molecule has 0 saturated heterocycles. The van der Waals surface area contributed by atoms with Gasteiger partial charge >= 0.3 is 5.97 Å². The summed E-state index contributed by atoms with van der Waals surface area (Å²) in [4.78, 5) is 23.5. The van der Waals surface area contributed by atoms with Crippen LogP contribution in [0, 0.1) is 5.92 Å². The second kappa shape index (κ2) is 7.94. The summed E-state index contributed by atoms with van der Waals surface area (Å²) in [5.41, 5.74) is 0.546. The summed E-state index contributed by atoms with van der Waals surface area (Å²) in [7, 11) is 0. The van der Waals surface area contributed by atoms with Gasteiger partial charge in [0.15, 0.2) is 6.04 Å². The second-order valence-corrected chi connectivity index (χ2v) is 4.44. The Hall–Kier alpha value is -2.36. The third kappa shape index (κ3) is 4.39. The molecule has 1 rings (SSSR count). The summed E-state index contributed by atoms with van der Waals surface area (Å²) in [6, 6.07) is 7.58. The summed E-state index contributed by atoms with van der Waals surface area (Å²) in [5, 5.41) is 11.8. The lowest BCUT2D eigenvalue weighted by Crippen LogP contribution is -2.37. The van der Waals surface area contributed by atoms with Crippen molar-refractivity contribution in [2.24, 2.45) is 5.92 Å². The molecular formula is C16H19NO3. The lowest BCUT2D eigenvalue weighted by atomic mass is 9.99. The van der Waals surface area contributed by atoms with Crippen LogP contribution >= 0.6 is 0 Å². The normalized spacial score (nSPS) is 11.7. The summed E-state index contributed by atoms with van der Waals surface area (Å²) >= 11 is 0. The van der Waals surface area contributed by atoms with E-state index in [-0.39, 0.29) is 11.8 Å². The van der Waals surface area contributed by atoms with Gasteiger partial charge in [0.05, 0.1) is 0 Å². The summed E-state index contributed by atoms with van der Waals surface area (Å²) in [6.45, 7) is 7.21. The minimum Gasteiger partial charge on any atom is -0.479 e. The number of carboxylic acids is 1. The smallest absolute Gasteiger partial charge is 0.330 e. The number of hydrogen-bond donors (Lipinski definition) is 2. The van der Waals surface area contributed by atoms with E-state index in [9.17, 15) is 14.7 Å². The predicted octanol–water partition coefficient (Wildman–Crippen LogP) is 2.70. The van der Waals surface area contributed by atoms with Gasteiger partial charge < -0.3 is 10.4 Å². The Kier molecular flexibility index (Phi) is 6.23. The monoisotopic (exact) mass is 273 g/mol. The van der Waals surface area contributed by atoms with Crippen LogP contribution in [0.1, 0.15) is 24.4 Å². The quantitative estimate of drug-likeness (QED) is 0.716. The van der Waals surface area contributed by atoms with Crippen LogP contribution in [0.5, 0.6) is 0 Å². The molecule has 4 heteroatoms. The predicted molar refractivity (Wildman–Crippen MR) is 78.1 cm³/mol. The first-order chi connectivity index (χ1) is 9.60. The van der Waals surface area contributed by atoms with Gasteiger partial charge in [0.1, 0.15) is 0 Å². The first-order valence-corrected chi connectivity index (χ1v) is 6.40. The molecule has 1 amide bonds. The standard InChI is InChI=1S/C16H19NO3/c1-3-8-13(9-4-2)15(18)17-14(16(19)20)12-10-6-5-7-11-12/h3-7,10-11,13-14H,1-2,8-9H2,(H,17,18)(H,19,20). The zero-order valence-electron chi connectivity index (χ0n) is 11.3. The highest BCUT2D eigenvalue weighted by Crippen LogP contribution is 2.16. The Morgan fingerprint density at radius 1 is 1.15 bits per heavy atom. The van der Waals surface area contributed by atoms with Gasteiger partial charge in [-0.1, -0.05) is 42.5 Å². The number of rotatable bonds is 8. The van der Waals surface area contributed by atoms with E-state index in [0.717, 1.165) is 0 Å². The number of allylic oxidation sites excluding steroid dienone is 2. The molecule has 0 aliphatic rings. The third-order valence-electron chi connectivity index (χ3n) is 2.94. The first kappa shape index (κ1) is 15.7. The first-order valence-electron chi connectivity index (χ1n) is 6.40. The van der Waals surface area contributed by atoms with Gasteiger partial charge in [0.25, 0.3) is 0 Å². The topological polar surface area (TPSA) is 66.4 Å². The molecule has 1 atom stereocenters. The maximum atomic E-state index is 12.1. The number of benzene rings is 1. The molecule has 1 aromatic rings. The Bertz CT molecular complexity index is 472. The van der Waals surface area contributed by atoms with Crippen molar-refractivity contribution in [3.63, 3.8) is 0 Å². The minimum atomic E-state index is -1.08. The maximum absolute atomic E-state index is 12.1. The average Bonchev–Trinajstić information content (AvgIpc) is 2.45. The molecule has 0 aromatic heterocycles. The van der Waals surface area contributed by atoms with Gasteiger partial charge in [0, 0.05) is 5.92 Å². The number of carbonyl (C=O) groups is 2. The van der Waals surface area contributed by atoms with E-state index in [1.807, 2.05) is 0 Å². The maximum Gasteiger partial charge on any atom is 0.330 e. The van der Waals surface area contributed by atoms with Crippen LogP contribution in [0.4, 0.5) is 0 Å². The van der Waals surface area contributed by atoms with Crippen molar-refractivity contribution in [1.29, 1.82) is 0 Å². The summed E-state index contributed by atoms with van der Waals surface area (Å²) in [5.74, 6) is -1.72. The molecule has 0 spiro atoms. The fraction of sp³-hybridized carbons (Fsp3) is 0.250. The molecule has 1 aromatic carbocycles. The van der Waals surface area contributed by atoms with Gasteiger partial charge in [-0.3, -0.25) is 4.79 Å². The summed E-state index contributed by atoms with van der Waals surface area (Å²) in [6.07, 6.45) is 4.26. The summed E-state index contributed by atoms with van der Waals surface area (Å²) < 4.78 is 0. The van der Waals surface area contributed by atoms with Crippen molar-refractivity contribution in [2.75, 3.05) is 0 Å². The third-order valence-corrected chi connectivity index (χ3v) is 2.94. The van der Waals surface area contributed by atoms with Crippen molar-refractivity contribution in [2.45, 2.75) is 18.9 Å². The molecule has 0 radical (unpaired) electrons. The molecule has 0 aliphatic heterocycles. The lowest BCUT2D eigenvalue weighted by Gasteiger charge is -2.19. The van der Waals surface area contributed by atoms with Gasteiger partial charge in [-0.05, 0) is 18.4 Å². The second-order valence-electron chi connectivity index (χ2n) is 4.44. The van der Waals surface area contributed by atoms with Gasteiger partial charge in [0.2, 0.25) is 5.91 Å². The number of amides is 1. The minimum absolute atomic E-state index is 0.305. The number of nitrogens with one attached hydrogen (secondary N) is 1. The van der Waals surface area contributed by atoms with Crippen LogP contribution in [0.15, 0.2) is 55.6 Å². The van der Waals surface area contributed by atoms with Crippen molar-refractivity contribution >= 4 is 11.9 Å². The molecule has 1 unspecified atom stereocenters. The van der Waals surface area contributed by atoms with E-state index in [1.165, 1.54) is 0 Å². The Morgan fingerprint density at radius 2 is 1.70 bits per heavy atom. The number of carbonyl (C=O) groups excluding carboxylic acids is 1. The van der Waals surface area contributed by atoms with Crippen molar-refractivity contribution in [1.82, 2.24) is 5.32 Å². The molecule has 4 nitrogen and oxygen atoms in total. The largest absolute Gasteiger partial charge is 0.479 e. The average molecular weight is 273 g/mol. The number of carboxylic acid groups (broad SMARTS) is 1. The highest BCUT2D eigenvalue weighted by molar-refractivity contribution is 5.86. The molecule has 2 N–H and O–H groups in total. The molecule has 20 heavy (non-hydrogen) atoms. The zero-order valence-corrected chi connectivity index (χ0v) is 11.3. The molecular weight excluding hydrogens is 254 g/mol.